The maximum Gasteiger partial charge on any atom is 0.341 e. The second-order valence-electron chi connectivity index (χ2n) is 9.22. The van der Waals surface area contributed by atoms with E-state index in [0.717, 1.165) is 46.8 Å². The maximum atomic E-state index is 13.2. The van der Waals surface area contributed by atoms with Crippen LogP contribution in [0, 0.1) is 0 Å². The molecule has 0 fully saturated rings. The number of benzene rings is 2. The molecular formula is C30H30N2O6S2. The Morgan fingerprint density at radius 2 is 1.88 bits per heavy atom. The van der Waals surface area contributed by atoms with Crippen molar-refractivity contribution >= 4 is 57.5 Å². The fourth-order valence-electron chi connectivity index (χ4n) is 4.55. The molecule has 3 aromatic rings. The van der Waals surface area contributed by atoms with Gasteiger partial charge in [-0.1, -0.05) is 36.4 Å². The van der Waals surface area contributed by atoms with Gasteiger partial charge < -0.3 is 20.5 Å². The summed E-state index contributed by atoms with van der Waals surface area (Å²) in [6.07, 6.45) is 4.15. The largest absolute Gasteiger partial charge is 0.478 e. The number of aliphatic carboxylic acids is 1. The SMILES string of the molecule is CCOC(=O)c1c(NC(=O)C(C)Sc2cccc(NC(=O)/C=C/C(=O)O)c2)sc2c1CCC(c1ccccc1)C2. The lowest BCUT2D eigenvalue weighted by molar-refractivity contribution is -0.131. The first kappa shape index (κ1) is 29.1. The molecule has 40 heavy (non-hydrogen) atoms. The average molecular weight is 579 g/mol. The number of carbonyl (C=O) groups is 4. The monoisotopic (exact) mass is 578 g/mol. The van der Waals surface area contributed by atoms with Gasteiger partial charge in [-0.25, -0.2) is 9.59 Å². The normalized spacial score (nSPS) is 15.2. The molecule has 2 amide bonds. The Balaban J connectivity index is 1.48. The van der Waals surface area contributed by atoms with E-state index in [1.165, 1.54) is 28.7 Å². The summed E-state index contributed by atoms with van der Waals surface area (Å²) in [6, 6.07) is 17.3. The first-order valence-corrected chi connectivity index (χ1v) is 14.6. The van der Waals surface area contributed by atoms with Gasteiger partial charge in [-0.2, -0.15) is 0 Å². The summed E-state index contributed by atoms with van der Waals surface area (Å²) in [5.74, 6) is -2.11. The lowest BCUT2D eigenvalue weighted by Crippen LogP contribution is -2.23. The smallest absolute Gasteiger partial charge is 0.341 e. The minimum Gasteiger partial charge on any atom is -0.478 e. The molecule has 208 valence electrons. The van der Waals surface area contributed by atoms with Crippen molar-refractivity contribution in [3.8, 4) is 0 Å². The van der Waals surface area contributed by atoms with Crippen LogP contribution < -0.4 is 10.6 Å². The van der Waals surface area contributed by atoms with Crippen LogP contribution in [0.1, 0.15) is 52.5 Å². The van der Waals surface area contributed by atoms with Crippen LogP contribution in [0.4, 0.5) is 10.7 Å². The third-order valence-electron chi connectivity index (χ3n) is 6.41. The van der Waals surface area contributed by atoms with E-state index >= 15 is 0 Å². The van der Waals surface area contributed by atoms with Crippen molar-refractivity contribution in [2.75, 3.05) is 17.2 Å². The highest BCUT2D eigenvalue weighted by atomic mass is 32.2. The van der Waals surface area contributed by atoms with E-state index in [0.29, 0.717) is 22.2 Å². The quantitative estimate of drug-likeness (QED) is 0.156. The topological polar surface area (TPSA) is 122 Å². The number of rotatable bonds is 10. The molecule has 0 saturated carbocycles. The van der Waals surface area contributed by atoms with Crippen LogP contribution in [-0.2, 0) is 32.0 Å². The number of thioether (sulfide) groups is 1. The van der Waals surface area contributed by atoms with E-state index < -0.39 is 23.1 Å². The molecule has 1 aliphatic carbocycles. The number of anilines is 2. The molecule has 1 aliphatic rings. The summed E-state index contributed by atoms with van der Waals surface area (Å²) in [5.41, 5.74) is 3.16. The van der Waals surface area contributed by atoms with E-state index in [4.69, 9.17) is 9.84 Å². The summed E-state index contributed by atoms with van der Waals surface area (Å²) in [6.45, 7) is 3.77. The van der Waals surface area contributed by atoms with E-state index in [1.54, 1.807) is 32.0 Å². The van der Waals surface area contributed by atoms with Crippen LogP contribution in [-0.4, -0.2) is 40.7 Å². The lowest BCUT2D eigenvalue weighted by Gasteiger charge is -2.23. The van der Waals surface area contributed by atoms with Gasteiger partial charge in [0.25, 0.3) is 0 Å². The molecule has 0 saturated heterocycles. The molecule has 2 aromatic carbocycles. The lowest BCUT2D eigenvalue weighted by atomic mass is 9.83. The van der Waals surface area contributed by atoms with Crippen molar-refractivity contribution in [3.05, 3.63) is 88.3 Å². The van der Waals surface area contributed by atoms with Crippen LogP contribution in [0.15, 0.2) is 71.6 Å². The standard InChI is InChI=1S/C30H30N2O6S2/c1-3-38-30(37)27-23-13-12-20(19-8-5-4-6-9-19)16-24(23)40-29(27)32-28(36)18(2)39-22-11-7-10-21(17-22)31-25(33)14-15-26(34)35/h4-11,14-15,17-18,20H,3,12-13,16H2,1-2H3,(H,31,33)(H,32,36)(H,34,35)/b15-14+. The van der Waals surface area contributed by atoms with Gasteiger partial charge in [-0.3, -0.25) is 9.59 Å². The Kier molecular flexibility index (Phi) is 9.79. The van der Waals surface area contributed by atoms with Crippen molar-refractivity contribution in [3.63, 3.8) is 0 Å². The Morgan fingerprint density at radius 3 is 2.60 bits per heavy atom. The molecule has 4 rings (SSSR count). The number of hydrogen-bond donors (Lipinski definition) is 3. The van der Waals surface area contributed by atoms with E-state index in [-0.39, 0.29) is 12.5 Å². The van der Waals surface area contributed by atoms with Crippen LogP contribution in [0.3, 0.4) is 0 Å². The predicted octanol–water partition coefficient (Wildman–Crippen LogP) is 5.90. The number of ether oxygens (including phenoxy) is 1. The van der Waals surface area contributed by atoms with Crippen LogP contribution in [0.5, 0.6) is 0 Å². The highest BCUT2D eigenvalue weighted by molar-refractivity contribution is 8.00. The molecule has 0 aliphatic heterocycles. The second-order valence-corrected chi connectivity index (χ2v) is 11.7. The van der Waals surface area contributed by atoms with Crippen LogP contribution in [0.25, 0.3) is 0 Å². The van der Waals surface area contributed by atoms with Gasteiger partial charge in [0.05, 0.1) is 17.4 Å². The van der Waals surface area contributed by atoms with E-state index in [2.05, 4.69) is 22.8 Å². The molecule has 1 aromatic heterocycles. The van der Waals surface area contributed by atoms with Crippen LogP contribution in [0.2, 0.25) is 0 Å². The van der Waals surface area contributed by atoms with E-state index in [1.807, 2.05) is 24.3 Å². The Morgan fingerprint density at radius 1 is 1.10 bits per heavy atom. The number of amides is 2. The van der Waals surface area contributed by atoms with E-state index in [9.17, 15) is 19.2 Å². The van der Waals surface area contributed by atoms with Gasteiger partial charge in [-0.05, 0) is 68.4 Å². The van der Waals surface area contributed by atoms with Gasteiger partial charge in [0.1, 0.15) is 5.00 Å². The number of carboxylic acids is 1. The maximum absolute atomic E-state index is 13.2. The summed E-state index contributed by atoms with van der Waals surface area (Å²) in [5, 5.41) is 14.3. The average Bonchev–Trinajstić information content (AvgIpc) is 3.29. The number of esters is 1. The van der Waals surface area contributed by atoms with Gasteiger partial charge in [0.15, 0.2) is 0 Å². The molecule has 10 heteroatoms. The van der Waals surface area contributed by atoms with Gasteiger partial charge >= 0.3 is 11.9 Å². The summed E-state index contributed by atoms with van der Waals surface area (Å²) >= 11 is 2.75. The highest BCUT2D eigenvalue weighted by Gasteiger charge is 2.31. The second kappa shape index (κ2) is 13.5. The van der Waals surface area contributed by atoms with Crippen molar-refractivity contribution in [1.82, 2.24) is 0 Å². The number of nitrogens with one attached hydrogen (secondary N) is 2. The summed E-state index contributed by atoms with van der Waals surface area (Å²) < 4.78 is 5.36. The highest BCUT2D eigenvalue weighted by Crippen LogP contribution is 2.43. The first-order valence-electron chi connectivity index (χ1n) is 12.9. The molecule has 2 unspecified atom stereocenters. The van der Waals surface area contributed by atoms with Gasteiger partial charge in [0.2, 0.25) is 11.8 Å². The zero-order valence-corrected chi connectivity index (χ0v) is 23.8. The number of thiophene rings is 1. The third-order valence-corrected chi connectivity index (χ3v) is 8.68. The van der Waals surface area contributed by atoms with Gasteiger partial charge in [-0.15, -0.1) is 23.1 Å². The molecule has 3 N–H and O–H groups in total. The Bertz CT molecular complexity index is 1430. The number of fused-ring (bicyclic) bond motifs is 1. The Labute approximate surface area is 240 Å². The third kappa shape index (κ3) is 7.40. The summed E-state index contributed by atoms with van der Waals surface area (Å²) in [7, 11) is 0. The minimum atomic E-state index is -1.21. The minimum absolute atomic E-state index is 0.245. The molecule has 0 bridgehead atoms. The zero-order chi connectivity index (χ0) is 28.6. The molecule has 1 heterocycles. The molecule has 0 radical (unpaired) electrons. The van der Waals surface area contributed by atoms with Crippen molar-refractivity contribution in [1.29, 1.82) is 0 Å². The fraction of sp³-hybridized carbons (Fsp3) is 0.267. The Hall–Kier alpha value is -3.89. The molecule has 0 spiro atoms. The zero-order valence-electron chi connectivity index (χ0n) is 22.1. The molecule has 2 atom stereocenters. The first-order chi connectivity index (χ1) is 19.2. The fourth-order valence-corrected chi connectivity index (χ4v) is 6.80. The van der Waals surface area contributed by atoms with Crippen molar-refractivity contribution in [2.24, 2.45) is 0 Å². The number of hydrogen-bond acceptors (Lipinski definition) is 7. The molecular weight excluding hydrogens is 548 g/mol. The number of carboxylic acid groups (broad SMARTS) is 1. The predicted molar refractivity (Wildman–Crippen MR) is 157 cm³/mol. The summed E-state index contributed by atoms with van der Waals surface area (Å²) in [4.78, 5) is 50.6. The van der Waals surface area contributed by atoms with Crippen molar-refractivity contribution in [2.45, 2.75) is 49.2 Å². The molecule has 8 nitrogen and oxygen atoms in total. The van der Waals surface area contributed by atoms with Crippen LogP contribution >= 0.6 is 23.1 Å². The van der Waals surface area contributed by atoms with Crippen molar-refractivity contribution < 1.29 is 29.0 Å². The number of carbonyl (C=O) groups excluding carboxylic acids is 3. The van der Waals surface area contributed by atoms with Gasteiger partial charge in [0, 0.05) is 27.6 Å².